The SMILES string of the molecule is Cc1cc(F)cc([C@H](N)CC#N)c1N. The molecule has 14 heavy (non-hydrogen) atoms. The van der Waals surface area contributed by atoms with Crippen LogP contribution in [0.5, 0.6) is 0 Å². The number of anilines is 1. The molecule has 0 unspecified atom stereocenters. The lowest BCUT2D eigenvalue weighted by molar-refractivity contribution is 0.619. The van der Waals surface area contributed by atoms with Gasteiger partial charge in [-0.25, -0.2) is 4.39 Å². The van der Waals surface area contributed by atoms with E-state index in [1.807, 2.05) is 6.07 Å². The van der Waals surface area contributed by atoms with Gasteiger partial charge < -0.3 is 11.5 Å². The molecule has 0 aromatic heterocycles. The Morgan fingerprint density at radius 1 is 1.57 bits per heavy atom. The van der Waals surface area contributed by atoms with E-state index in [-0.39, 0.29) is 12.2 Å². The van der Waals surface area contributed by atoms with E-state index in [4.69, 9.17) is 16.7 Å². The third kappa shape index (κ3) is 2.01. The number of nitriles is 1. The van der Waals surface area contributed by atoms with Crippen LogP contribution in [0.15, 0.2) is 12.1 Å². The van der Waals surface area contributed by atoms with Crippen LogP contribution in [0.25, 0.3) is 0 Å². The number of hydrogen-bond donors (Lipinski definition) is 2. The molecule has 1 rings (SSSR count). The fourth-order valence-electron chi connectivity index (χ4n) is 1.30. The summed E-state index contributed by atoms with van der Waals surface area (Å²) in [5.41, 5.74) is 13.0. The summed E-state index contributed by atoms with van der Waals surface area (Å²) < 4.78 is 13.0. The quantitative estimate of drug-likeness (QED) is 0.701. The smallest absolute Gasteiger partial charge is 0.123 e. The van der Waals surface area contributed by atoms with E-state index in [2.05, 4.69) is 0 Å². The predicted molar refractivity (Wildman–Crippen MR) is 52.7 cm³/mol. The topological polar surface area (TPSA) is 75.8 Å². The lowest BCUT2D eigenvalue weighted by Crippen LogP contribution is -2.13. The van der Waals surface area contributed by atoms with Crippen LogP contribution < -0.4 is 11.5 Å². The molecule has 0 aliphatic heterocycles. The van der Waals surface area contributed by atoms with Crippen LogP contribution in [0, 0.1) is 24.1 Å². The Hall–Kier alpha value is -1.60. The molecule has 4 N–H and O–H groups in total. The molecule has 3 nitrogen and oxygen atoms in total. The lowest BCUT2D eigenvalue weighted by atomic mass is 10.00. The molecule has 0 saturated heterocycles. The third-order valence-electron chi connectivity index (χ3n) is 2.09. The minimum absolute atomic E-state index is 0.132. The van der Waals surface area contributed by atoms with Gasteiger partial charge in [-0.15, -0.1) is 0 Å². The van der Waals surface area contributed by atoms with Crippen LogP contribution in [0.2, 0.25) is 0 Å². The maximum absolute atomic E-state index is 13.0. The standard InChI is InChI=1S/C10H12FN3/c1-6-4-7(11)5-8(10(6)14)9(13)2-3-12/h4-5,9H,2,13-14H2,1H3/t9-/m1/s1. The molecule has 0 radical (unpaired) electrons. The minimum Gasteiger partial charge on any atom is -0.398 e. The maximum Gasteiger partial charge on any atom is 0.123 e. The summed E-state index contributed by atoms with van der Waals surface area (Å²) in [6.45, 7) is 1.71. The second-order valence-corrected chi connectivity index (χ2v) is 3.19. The van der Waals surface area contributed by atoms with Gasteiger partial charge in [-0.2, -0.15) is 5.26 Å². The molecule has 74 valence electrons. The van der Waals surface area contributed by atoms with Crippen molar-refractivity contribution in [2.75, 3.05) is 5.73 Å². The van der Waals surface area contributed by atoms with E-state index < -0.39 is 6.04 Å². The van der Waals surface area contributed by atoms with E-state index in [0.29, 0.717) is 16.8 Å². The van der Waals surface area contributed by atoms with Crippen molar-refractivity contribution in [2.24, 2.45) is 5.73 Å². The minimum atomic E-state index is -0.519. The molecule has 1 atom stereocenters. The van der Waals surface area contributed by atoms with Crippen molar-refractivity contribution in [1.29, 1.82) is 5.26 Å². The fraction of sp³-hybridized carbons (Fsp3) is 0.300. The second kappa shape index (κ2) is 4.07. The van der Waals surface area contributed by atoms with Crippen molar-refractivity contribution in [3.05, 3.63) is 29.1 Å². The summed E-state index contributed by atoms with van der Waals surface area (Å²) >= 11 is 0. The van der Waals surface area contributed by atoms with Crippen molar-refractivity contribution in [1.82, 2.24) is 0 Å². The highest BCUT2D eigenvalue weighted by Crippen LogP contribution is 2.25. The number of halogens is 1. The first-order valence-electron chi connectivity index (χ1n) is 4.24. The van der Waals surface area contributed by atoms with Gasteiger partial charge in [0.25, 0.3) is 0 Å². The number of aryl methyl sites for hydroxylation is 1. The highest BCUT2D eigenvalue weighted by atomic mass is 19.1. The van der Waals surface area contributed by atoms with E-state index >= 15 is 0 Å². The maximum atomic E-state index is 13.0. The highest BCUT2D eigenvalue weighted by Gasteiger charge is 2.12. The van der Waals surface area contributed by atoms with Gasteiger partial charge in [0.2, 0.25) is 0 Å². The molecule has 0 saturated carbocycles. The number of rotatable bonds is 2. The molecule has 0 spiro atoms. The summed E-state index contributed by atoms with van der Waals surface area (Å²) in [5, 5.41) is 8.46. The molecule has 1 aromatic carbocycles. The first-order valence-corrected chi connectivity index (χ1v) is 4.24. The Balaban J connectivity index is 3.14. The Labute approximate surface area is 82.1 Å². The third-order valence-corrected chi connectivity index (χ3v) is 2.09. The summed E-state index contributed by atoms with van der Waals surface area (Å²) in [6, 6.07) is 4.04. The van der Waals surface area contributed by atoms with E-state index in [1.54, 1.807) is 6.92 Å². The largest absolute Gasteiger partial charge is 0.398 e. The van der Waals surface area contributed by atoms with Gasteiger partial charge in [0.05, 0.1) is 12.5 Å². The molecule has 0 amide bonds. The molecule has 4 heteroatoms. The van der Waals surface area contributed by atoms with Crippen LogP contribution in [-0.2, 0) is 0 Å². The Morgan fingerprint density at radius 2 is 2.21 bits per heavy atom. The summed E-state index contributed by atoms with van der Waals surface area (Å²) in [5.74, 6) is -0.375. The van der Waals surface area contributed by atoms with Gasteiger partial charge >= 0.3 is 0 Å². The molecule has 1 aromatic rings. The molecule has 0 bridgehead atoms. The highest BCUT2D eigenvalue weighted by molar-refractivity contribution is 5.54. The van der Waals surface area contributed by atoms with Crippen molar-refractivity contribution in [2.45, 2.75) is 19.4 Å². The van der Waals surface area contributed by atoms with Crippen LogP contribution >= 0.6 is 0 Å². The number of nitrogens with zero attached hydrogens (tertiary/aromatic N) is 1. The van der Waals surface area contributed by atoms with E-state index in [1.165, 1.54) is 12.1 Å². The molecule has 0 fully saturated rings. The monoisotopic (exact) mass is 193 g/mol. The number of benzene rings is 1. The van der Waals surface area contributed by atoms with Gasteiger partial charge in [-0.3, -0.25) is 0 Å². The van der Waals surface area contributed by atoms with Gasteiger partial charge in [-0.1, -0.05) is 0 Å². The van der Waals surface area contributed by atoms with Gasteiger partial charge in [0.15, 0.2) is 0 Å². The summed E-state index contributed by atoms with van der Waals surface area (Å²) in [4.78, 5) is 0. The van der Waals surface area contributed by atoms with E-state index in [0.717, 1.165) is 0 Å². The van der Waals surface area contributed by atoms with Gasteiger partial charge in [-0.05, 0) is 30.2 Å². The second-order valence-electron chi connectivity index (χ2n) is 3.19. The average Bonchev–Trinajstić information content (AvgIpc) is 2.11. The molecule has 0 aliphatic carbocycles. The van der Waals surface area contributed by atoms with Gasteiger partial charge in [0, 0.05) is 11.7 Å². The fourth-order valence-corrected chi connectivity index (χ4v) is 1.30. The zero-order chi connectivity index (χ0) is 10.7. The summed E-state index contributed by atoms with van der Waals surface area (Å²) in [7, 11) is 0. The summed E-state index contributed by atoms with van der Waals surface area (Å²) in [6.07, 6.45) is 0.132. The van der Waals surface area contributed by atoms with E-state index in [9.17, 15) is 4.39 Å². The number of hydrogen-bond acceptors (Lipinski definition) is 3. The Bertz CT molecular complexity index is 382. The van der Waals surface area contributed by atoms with Crippen LogP contribution in [-0.4, -0.2) is 0 Å². The first-order chi connectivity index (χ1) is 6.56. The zero-order valence-electron chi connectivity index (χ0n) is 7.92. The molecule has 0 heterocycles. The van der Waals surface area contributed by atoms with Crippen LogP contribution in [0.4, 0.5) is 10.1 Å². The Morgan fingerprint density at radius 3 is 2.79 bits per heavy atom. The van der Waals surface area contributed by atoms with Gasteiger partial charge in [0.1, 0.15) is 5.82 Å². The zero-order valence-corrected chi connectivity index (χ0v) is 7.92. The van der Waals surface area contributed by atoms with Crippen molar-refractivity contribution >= 4 is 5.69 Å². The number of nitrogens with two attached hydrogens (primary N) is 2. The Kier molecular flexibility index (Phi) is 3.05. The van der Waals surface area contributed by atoms with Crippen molar-refractivity contribution < 1.29 is 4.39 Å². The van der Waals surface area contributed by atoms with Crippen LogP contribution in [0.1, 0.15) is 23.6 Å². The molecular weight excluding hydrogens is 181 g/mol. The van der Waals surface area contributed by atoms with Crippen LogP contribution in [0.3, 0.4) is 0 Å². The van der Waals surface area contributed by atoms with Crippen molar-refractivity contribution in [3.8, 4) is 6.07 Å². The number of nitrogen functional groups attached to an aromatic ring is 1. The average molecular weight is 193 g/mol. The molecular formula is C10H12FN3. The lowest BCUT2D eigenvalue weighted by Gasteiger charge is -2.13. The predicted octanol–water partition coefficient (Wildman–Crippen LogP) is 1.63. The van der Waals surface area contributed by atoms with Crippen molar-refractivity contribution in [3.63, 3.8) is 0 Å². The molecule has 0 aliphatic rings. The first kappa shape index (κ1) is 10.5. The normalized spacial score (nSPS) is 12.1.